The highest BCUT2D eigenvalue weighted by atomic mass is 16.5. The molecule has 0 aliphatic heterocycles. The Kier molecular flexibility index (Phi) is 5.49. The van der Waals surface area contributed by atoms with Gasteiger partial charge in [-0.3, -0.25) is 4.79 Å². The van der Waals surface area contributed by atoms with Crippen molar-refractivity contribution in [2.45, 2.75) is 6.92 Å². The summed E-state index contributed by atoms with van der Waals surface area (Å²) in [5, 5.41) is 0. The number of esters is 2. The fourth-order valence-corrected chi connectivity index (χ4v) is 2.37. The number of carbonyl (C=O) groups is 2. The van der Waals surface area contributed by atoms with Gasteiger partial charge in [-0.25, -0.2) is 4.79 Å². The molecule has 0 atom stereocenters. The minimum atomic E-state index is -0.492. The van der Waals surface area contributed by atoms with Gasteiger partial charge in [-0.05, 0) is 55.5 Å². The lowest BCUT2D eigenvalue weighted by Crippen LogP contribution is -2.16. The van der Waals surface area contributed by atoms with E-state index in [-0.39, 0.29) is 11.9 Å². The van der Waals surface area contributed by atoms with Crippen molar-refractivity contribution in [2.75, 3.05) is 6.61 Å². The van der Waals surface area contributed by atoms with Crippen LogP contribution in [0, 0.1) is 5.92 Å². The summed E-state index contributed by atoms with van der Waals surface area (Å²) in [6, 6.07) is 13.0. The average Bonchev–Trinajstić information content (AvgIpc) is 3.19. The molecule has 3 rings (SSSR count). The van der Waals surface area contributed by atoms with Crippen molar-refractivity contribution in [3.63, 3.8) is 0 Å². The monoisotopic (exact) mass is 350 g/mol. The molecule has 0 saturated heterocycles. The van der Waals surface area contributed by atoms with Gasteiger partial charge in [-0.1, -0.05) is 24.3 Å². The van der Waals surface area contributed by atoms with E-state index in [0.717, 1.165) is 0 Å². The van der Waals surface area contributed by atoms with Crippen LogP contribution in [0.1, 0.15) is 17.3 Å². The lowest BCUT2D eigenvalue weighted by Gasteiger charge is -2.08. The zero-order chi connectivity index (χ0) is 18.4. The smallest absolute Gasteiger partial charge is 0.343 e. The molecule has 0 fully saturated rings. The van der Waals surface area contributed by atoms with Crippen molar-refractivity contribution in [3.8, 4) is 17.2 Å². The Morgan fingerprint density at radius 1 is 0.808 bits per heavy atom. The molecule has 0 heterocycles. The molecule has 0 spiro atoms. The Morgan fingerprint density at radius 2 is 1.35 bits per heavy atom. The number of hydrogen-bond donors (Lipinski definition) is 0. The molecule has 1 aliphatic carbocycles. The largest absolute Gasteiger partial charge is 0.494 e. The van der Waals surface area contributed by atoms with Crippen molar-refractivity contribution in [2.24, 2.45) is 5.92 Å². The predicted octanol–water partition coefficient (Wildman–Crippen LogP) is 3.95. The molecule has 26 heavy (non-hydrogen) atoms. The van der Waals surface area contributed by atoms with E-state index < -0.39 is 5.97 Å². The standard InChI is InChI=1S/C21H18O5/c1-2-24-17-11-13-19(14-12-17)26-21(23)16-7-9-18(10-8-16)25-20(22)15-5-3-4-6-15/h3-15H,2H2,1H3. The highest BCUT2D eigenvalue weighted by Gasteiger charge is 2.17. The first-order valence-electron chi connectivity index (χ1n) is 8.27. The molecular weight excluding hydrogens is 332 g/mol. The third kappa shape index (κ3) is 4.39. The van der Waals surface area contributed by atoms with Crippen LogP contribution in [0.5, 0.6) is 17.2 Å². The predicted molar refractivity (Wildman–Crippen MR) is 96.4 cm³/mol. The number of hydrogen-bond acceptors (Lipinski definition) is 5. The molecule has 2 aromatic rings. The van der Waals surface area contributed by atoms with E-state index in [1.165, 1.54) is 0 Å². The molecule has 0 saturated carbocycles. The van der Waals surface area contributed by atoms with E-state index in [9.17, 15) is 9.59 Å². The zero-order valence-corrected chi connectivity index (χ0v) is 14.3. The van der Waals surface area contributed by atoms with Gasteiger partial charge in [-0.2, -0.15) is 0 Å². The van der Waals surface area contributed by atoms with Crippen LogP contribution in [-0.2, 0) is 4.79 Å². The second-order valence-corrected chi connectivity index (χ2v) is 5.53. The van der Waals surface area contributed by atoms with E-state index >= 15 is 0 Å². The molecular formula is C21H18O5. The van der Waals surface area contributed by atoms with Crippen LogP contribution in [0.2, 0.25) is 0 Å². The molecule has 0 bridgehead atoms. The SMILES string of the molecule is CCOc1ccc(OC(=O)c2ccc(OC(=O)C3C=CC=C3)cc2)cc1. The summed E-state index contributed by atoms with van der Waals surface area (Å²) in [4.78, 5) is 24.1. The fraction of sp³-hybridized carbons (Fsp3) is 0.143. The van der Waals surface area contributed by atoms with Crippen molar-refractivity contribution in [1.82, 2.24) is 0 Å². The molecule has 0 N–H and O–H groups in total. The second-order valence-electron chi connectivity index (χ2n) is 5.53. The van der Waals surface area contributed by atoms with Crippen LogP contribution in [0.4, 0.5) is 0 Å². The van der Waals surface area contributed by atoms with Gasteiger partial charge < -0.3 is 14.2 Å². The summed E-state index contributed by atoms with van der Waals surface area (Å²) >= 11 is 0. The van der Waals surface area contributed by atoms with Crippen molar-refractivity contribution >= 4 is 11.9 Å². The molecule has 0 amide bonds. The Balaban J connectivity index is 1.58. The van der Waals surface area contributed by atoms with Crippen molar-refractivity contribution in [1.29, 1.82) is 0 Å². The van der Waals surface area contributed by atoms with Gasteiger partial charge in [0.25, 0.3) is 0 Å². The van der Waals surface area contributed by atoms with Crippen LogP contribution in [-0.4, -0.2) is 18.5 Å². The summed E-state index contributed by atoms with van der Waals surface area (Å²) < 4.78 is 15.9. The van der Waals surface area contributed by atoms with Gasteiger partial charge in [0, 0.05) is 0 Å². The lowest BCUT2D eigenvalue weighted by molar-refractivity contribution is -0.135. The lowest BCUT2D eigenvalue weighted by atomic mass is 10.2. The van der Waals surface area contributed by atoms with E-state index in [1.807, 2.05) is 6.92 Å². The number of rotatable bonds is 6. The minimum Gasteiger partial charge on any atom is -0.494 e. The minimum absolute atomic E-state index is 0.361. The molecule has 2 aromatic carbocycles. The first kappa shape index (κ1) is 17.5. The van der Waals surface area contributed by atoms with Gasteiger partial charge in [-0.15, -0.1) is 0 Å². The highest BCUT2D eigenvalue weighted by Crippen LogP contribution is 2.20. The Morgan fingerprint density at radius 3 is 1.96 bits per heavy atom. The van der Waals surface area contributed by atoms with Gasteiger partial charge in [0.1, 0.15) is 17.2 Å². The zero-order valence-electron chi connectivity index (χ0n) is 14.3. The average molecular weight is 350 g/mol. The molecule has 132 valence electrons. The Hall–Kier alpha value is -3.34. The fourth-order valence-electron chi connectivity index (χ4n) is 2.37. The van der Waals surface area contributed by atoms with Crippen molar-refractivity contribution in [3.05, 3.63) is 78.4 Å². The molecule has 1 aliphatic rings. The Labute approximate surface area is 151 Å². The molecule has 5 heteroatoms. The number of benzene rings is 2. The topological polar surface area (TPSA) is 61.8 Å². The number of allylic oxidation sites excluding steroid dienone is 2. The van der Waals surface area contributed by atoms with Gasteiger partial charge in [0.2, 0.25) is 0 Å². The quantitative estimate of drug-likeness (QED) is 0.583. The first-order chi connectivity index (χ1) is 12.7. The van der Waals surface area contributed by atoms with Gasteiger partial charge >= 0.3 is 11.9 Å². The maximum atomic E-state index is 12.2. The van der Waals surface area contributed by atoms with E-state index in [2.05, 4.69) is 0 Å². The first-order valence-corrected chi connectivity index (χ1v) is 8.27. The third-order valence-electron chi connectivity index (χ3n) is 3.67. The molecule has 0 radical (unpaired) electrons. The summed E-state index contributed by atoms with van der Waals surface area (Å²) in [6.07, 6.45) is 7.10. The normalized spacial score (nSPS) is 12.8. The van der Waals surface area contributed by atoms with Crippen LogP contribution < -0.4 is 14.2 Å². The summed E-state index contributed by atoms with van der Waals surface area (Å²) in [6.45, 7) is 2.47. The van der Waals surface area contributed by atoms with Crippen LogP contribution in [0.25, 0.3) is 0 Å². The van der Waals surface area contributed by atoms with Crippen molar-refractivity contribution < 1.29 is 23.8 Å². The maximum absolute atomic E-state index is 12.2. The van der Waals surface area contributed by atoms with E-state index in [1.54, 1.807) is 72.8 Å². The van der Waals surface area contributed by atoms with E-state index in [0.29, 0.717) is 29.4 Å². The maximum Gasteiger partial charge on any atom is 0.343 e. The van der Waals surface area contributed by atoms with Crippen LogP contribution in [0.3, 0.4) is 0 Å². The Bertz CT molecular complexity index is 820. The van der Waals surface area contributed by atoms with E-state index in [4.69, 9.17) is 14.2 Å². The molecule has 5 nitrogen and oxygen atoms in total. The number of carbonyl (C=O) groups excluding carboxylic acids is 2. The third-order valence-corrected chi connectivity index (χ3v) is 3.67. The number of ether oxygens (including phenoxy) is 3. The van der Waals surface area contributed by atoms with Crippen LogP contribution in [0.15, 0.2) is 72.8 Å². The van der Waals surface area contributed by atoms with Crippen LogP contribution >= 0.6 is 0 Å². The molecule has 0 unspecified atom stereocenters. The van der Waals surface area contributed by atoms with Gasteiger partial charge in [0.05, 0.1) is 18.1 Å². The summed E-state index contributed by atoms with van der Waals surface area (Å²) in [5.74, 6) is 0.299. The summed E-state index contributed by atoms with van der Waals surface area (Å²) in [7, 11) is 0. The highest BCUT2D eigenvalue weighted by molar-refractivity contribution is 5.91. The van der Waals surface area contributed by atoms with Gasteiger partial charge in [0.15, 0.2) is 0 Å². The second kappa shape index (κ2) is 8.16. The molecule has 0 aromatic heterocycles. The summed E-state index contributed by atoms with van der Waals surface area (Å²) in [5.41, 5.74) is 0.361.